The van der Waals surface area contributed by atoms with Crippen molar-refractivity contribution in [2.24, 2.45) is 0 Å². The molecular weight excluding hydrogens is 248 g/mol. The molecule has 0 bridgehead atoms. The number of hydrogen-bond acceptors (Lipinski definition) is 4. The zero-order valence-corrected chi connectivity index (χ0v) is 11.3. The van der Waals surface area contributed by atoms with E-state index in [1.807, 2.05) is 6.92 Å². The van der Waals surface area contributed by atoms with Gasteiger partial charge < -0.3 is 24.7 Å². The molecule has 1 aromatic rings. The van der Waals surface area contributed by atoms with Crippen LogP contribution in [-0.4, -0.2) is 60.4 Å². The monoisotopic (exact) mass is 268 g/mol. The third-order valence-electron chi connectivity index (χ3n) is 2.87. The van der Waals surface area contributed by atoms with Gasteiger partial charge in [-0.25, -0.2) is 9.78 Å². The van der Waals surface area contributed by atoms with Gasteiger partial charge in [-0.05, 0) is 6.92 Å². The van der Waals surface area contributed by atoms with E-state index in [0.29, 0.717) is 32.9 Å². The van der Waals surface area contributed by atoms with Crippen LogP contribution in [0.15, 0.2) is 6.20 Å². The summed E-state index contributed by atoms with van der Waals surface area (Å²) in [6, 6.07) is -0.150. The van der Waals surface area contributed by atoms with Gasteiger partial charge in [0, 0.05) is 18.9 Å². The summed E-state index contributed by atoms with van der Waals surface area (Å²) < 4.78 is 10.8. The predicted octanol–water partition coefficient (Wildman–Crippen LogP) is 0.275. The summed E-state index contributed by atoms with van der Waals surface area (Å²) in [4.78, 5) is 20.7. The normalized spacial score (nSPS) is 19.2. The Labute approximate surface area is 112 Å². The van der Waals surface area contributed by atoms with Crippen molar-refractivity contribution in [3.63, 3.8) is 0 Å². The Kier molecular flexibility index (Phi) is 4.75. The number of carbonyl (C=O) groups is 1. The van der Waals surface area contributed by atoms with Crippen LogP contribution in [0.1, 0.15) is 11.5 Å². The van der Waals surface area contributed by atoms with E-state index in [4.69, 9.17) is 9.47 Å². The Morgan fingerprint density at radius 1 is 1.63 bits per heavy atom. The minimum atomic E-state index is -0.150. The molecule has 1 aromatic heterocycles. The fourth-order valence-electron chi connectivity index (χ4n) is 1.88. The van der Waals surface area contributed by atoms with Crippen LogP contribution in [0, 0.1) is 6.92 Å². The summed E-state index contributed by atoms with van der Waals surface area (Å²) in [6.07, 6.45) is 1.69. The number of ether oxygens (including phenoxy) is 2. The van der Waals surface area contributed by atoms with E-state index in [2.05, 4.69) is 15.3 Å². The van der Waals surface area contributed by atoms with Crippen molar-refractivity contribution in [2.75, 3.05) is 33.4 Å². The largest absolute Gasteiger partial charge is 0.376 e. The molecule has 19 heavy (non-hydrogen) atoms. The third-order valence-corrected chi connectivity index (χ3v) is 2.87. The fraction of sp³-hybridized carbons (Fsp3) is 0.667. The number of imidazole rings is 1. The van der Waals surface area contributed by atoms with Crippen LogP contribution in [0.3, 0.4) is 0 Å². The van der Waals surface area contributed by atoms with Crippen LogP contribution in [0.2, 0.25) is 0 Å². The van der Waals surface area contributed by atoms with Gasteiger partial charge >= 0.3 is 6.03 Å². The topological polar surface area (TPSA) is 79.5 Å². The lowest BCUT2D eigenvalue weighted by Crippen LogP contribution is -2.44. The van der Waals surface area contributed by atoms with E-state index in [1.165, 1.54) is 0 Å². The Hall–Kier alpha value is -1.60. The minimum absolute atomic E-state index is 0.0460. The van der Waals surface area contributed by atoms with Crippen LogP contribution in [-0.2, 0) is 16.0 Å². The average molecular weight is 268 g/mol. The van der Waals surface area contributed by atoms with E-state index >= 15 is 0 Å². The minimum Gasteiger partial charge on any atom is -0.376 e. The molecule has 2 heterocycles. The molecule has 106 valence electrons. The molecule has 1 atom stereocenters. The van der Waals surface area contributed by atoms with Gasteiger partial charge in [-0.2, -0.15) is 0 Å². The highest BCUT2D eigenvalue weighted by atomic mass is 16.6. The number of aromatic amines is 1. The fourth-order valence-corrected chi connectivity index (χ4v) is 1.88. The quantitative estimate of drug-likeness (QED) is 0.821. The third kappa shape index (κ3) is 4.22. The first kappa shape index (κ1) is 13.8. The van der Waals surface area contributed by atoms with Gasteiger partial charge in [0.1, 0.15) is 5.82 Å². The van der Waals surface area contributed by atoms with Crippen molar-refractivity contribution in [1.82, 2.24) is 20.2 Å². The predicted molar refractivity (Wildman–Crippen MR) is 68.7 cm³/mol. The molecule has 1 fully saturated rings. The highest BCUT2D eigenvalue weighted by molar-refractivity contribution is 5.73. The van der Waals surface area contributed by atoms with E-state index in [9.17, 15) is 4.79 Å². The van der Waals surface area contributed by atoms with Crippen molar-refractivity contribution in [1.29, 1.82) is 0 Å². The second-order valence-electron chi connectivity index (χ2n) is 4.62. The lowest BCUT2D eigenvalue weighted by molar-refractivity contribution is -0.0928. The lowest BCUT2D eigenvalue weighted by atomic mass is 10.3. The maximum Gasteiger partial charge on any atom is 0.317 e. The smallest absolute Gasteiger partial charge is 0.317 e. The highest BCUT2D eigenvalue weighted by Gasteiger charge is 2.19. The molecule has 1 aliphatic heterocycles. The maximum atomic E-state index is 11.9. The second kappa shape index (κ2) is 6.53. The first-order valence-electron chi connectivity index (χ1n) is 6.34. The number of nitrogens with zero attached hydrogens (tertiary/aromatic N) is 2. The van der Waals surface area contributed by atoms with Crippen molar-refractivity contribution >= 4 is 6.03 Å². The van der Waals surface area contributed by atoms with Gasteiger partial charge in [0.15, 0.2) is 0 Å². The van der Waals surface area contributed by atoms with Crippen LogP contribution >= 0.6 is 0 Å². The molecule has 2 amide bonds. The summed E-state index contributed by atoms with van der Waals surface area (Å²) >= 11 is 0. The highest BCUT2D eigenvalue weighted by Crippen LogP contribution is 2.03. The molecule has 1 saturated heterocycles. The van der Waals surface area contributed by atoms with E-state index in [1.54, 1.807) is 18.1 Å². The molecule has 2 rings (SSSR count). The SMILES string of the molecule is Cc1cnc(CNC(=O)N(C)CC2COCCO2)[nH]1. The van der Waals surface area contributed by atoms with Crippen LogP contribution in [0.5, 0.6) is 0 Å². The van der Waals surface area contributed by atoms with Crippen molar-refractivity contribution < 1.29 is 14.3 Å². The summed E-state index contributed by atoms with van der Waals surface area (Å²) in [7, 11) is 1.74. The van der Waals surface area contributed by atoms with Gasteiger partial charge in [0.05, 0.1) is 39.0 Å². The maximum absolute atomic E-state index is 11.9. The van der Waals surface area contributed by atoms with Crippen LogP contribution in [0.25, 0.3) is 0 Å². The molecule has 0 aliphatic carbocycles. The number of aromatic nitrogens is 2. The summed E-state index contributed by atoms with van der Waals surface area (Å²) in [5.41, 5.74) is 0.977. The molecule has 1 aliphatic rings. The van der Waals surface area contributed by atoms with Gasteiger partial charge in [0.2, 0.25) is 0 Å². The van der Waals surface area contributed by atoms with Gasteiger partial charge in [-0.3, -0.25) is 0 Å². The molecule has 0 aromatic carbocycles. The van der Waals surface area contributed by atoms with E-state index < -0.39 is 0 Å². The van der Waals surface area contributed by atoms with Gasteiger partial charge in [-0.1, -0.05) is 0 Å². The number of likely N-dealkylation sites (N-methyl/N-ethyl adjacent to an activating group) is 1. The van der Waals surface area contributed by atoms with E-state index in [0.717, 1.165) is 11.5 Å². The second-order valence-corrected chi connectivity index (χ2v) is 4.62. The Bertz CT molecular complexity index is 415. The number of urea groups is 1. The zero-order valence-electron chi connectivity index (χ0n) is 11.3. The number of hydrogen-bond donors (Lipinski definition) is 2. The molecule has 7 heteroatoms. The summed E-state index contributed by atoms with van der Waals surface area (Å²) in [5, 5.41) is 2.80. The van der Waals surface area contributed by atoms with E-state index in [-0.39, 0.29) is 12.1 Å². The Morgan fingerprint density at radius 3 is 3.11 bits per heavy atom. The Morgan fingerprint density at radius 2 is 2.47 bits per heavy atom. The van der Waals surface area contributed by atoms with Crippen molar-refractivity contribution in [3.05, 3.63) is 17.7 Å². The molecule has 0 saturated carbocycles. The van der Waals surface area contributed by atoms with Crippen molar-refractivity contribution in [3.8, 4) is 0 Å². The molecule has 7 nitrogen and oxygen atoms in total. The number of rotatable bonds is 4. The zero-order chi connectivity index (χ0) is 13.7. The lowest BCUT2D eigenvalue weighted by Gasteiger charge is -2.27. The van der Waals surface area contributed by atoms with Crippen LogP contribution < -0.4 is 5.32 Å². The number of amides is 2. The molecule has 0 radical (unpaired) electrons. The first-order valence-corrected chi connectivity index (χ1v) is 6.34. The average Bonchev–Trinajstić information content (AvgIpc) is 2.83. The summed E-state index contributed by atoms with van der Waals surface area (Å²) in [5.74, 6) is 0.747. The summed E-state index contributed by atoms with van der Waals surface area (Å²) in [6.45, 7) is 4.58. The number of carbonyl (C=O) groups excluding carboxylic acids is 1. The standard InChI is InChI=1S/C12H20N4O3/c1-9-5-13-11(15-9)6-14-12(17)16(2)7-10-8-18-3-4-19-10/h5,10H,3-4,6-8H2,1-2H3,(H,13,15)(H,14,17). The molecular formula is C12H20N4O3. The van der Waals surface area contributed by atoms with Gasteiger partial charge in [0.25, 0.3) is 0 Å². The number of aryl methyl sites for hydroxylation is 1. The molecule has 2 N–H and O–H groups in total. The first-order chi connectivity index (χ1) is 9.15. The Balaban J connectivity index is 1.72. The van der Waals surface area contributed by atoms with Crippen LogP contribution in [0.4, 0.5) is 4.79 Å². The number of nitrogens with one attached hydrogen (secondary N) is 2. The molecule has 1 unspecified atom stereocenters. The van der Waals surface area contributed by atoms with Crippen molar-refractivity contribution in [2.45, 2.75) is 19.6 Å². The molecule has 0 spiro atoms. The number of H-pyrrole nitrogens is 1. The van der Waals surface area contributed by atoms with Gasteiger partial charge in [-0.15, -0.1) is 0 Å².